The van der Waals surface area contributed by atoms with Crippen molar-refractivity contribution in [3.8, 4) is 5.75 Å². The van der Waals surface area contributed by atoms with Crippen LogP contribution in [0.1, 0.15) is 18.1 Å². The number of methoxy groups -OCH3 is 1. The Hall–Kier alpha value is -3.15. The quantitative estimate of drug-likeness (QED) is 0.503. The number of nitrogens with zero attached hydrogens (tertiary/aromatic N) is 1. The van der Waals surface area contributed by atoms with Crippen LogP contribution in [0, 0.1) is 0 Å². The zero-order chi connectivity index (χ0) is 17.4. The minimum Gasteiger partial charge on any atom is -0.497 e. The van der Waals surface area contributed by atoms with Crippen molar-refractivity contribution in [1.29, 1.82) is 0 Å². The smallest absolute Gasteiger partial charge is 0.329 e. The van der Waals surface area contributed by atoms with Gasteiger partial charge in [0.1, 0.15) is 5.75 Å². The average Bonchev–Trinajstić information content (AvgIpc) is 2.62. The molecule has 0 saturated carbocycles. The number of nitrogens with one attached hydrogen (secondary N) is 2. The highest BCUT2D eigenvalue weighted by Gasteiger charge is 2.12. The maximum Gasteiger partial charge on any atom is 0.329 e. The summed E-state index contributed by atoms with van der Waals surface area (Å²) in [6.07, 6.45) is 2.44. The first-order valence-corrected chi connectivity index (χ1v) is 7.49. The van der Waals surface area contributed by atoms with E-state index < -0.39 is 11.8 Å². The fourth-order valence-electron chi connectivity index (χ4n) is 1.92. The molecule has 24 heavy (non-hydrogen) atoms. The lowest BCUT2D eigenvalue weighted by Crippen LogP contribution is -2.32. The van der Waals surface area contributed by atoms with Gasteiger partial charge in [-0.05, 0) is 41.8 Å². The predicted molar refractivity (Wildman–Crippen MR) is 93.2 cm³/mol. The molecule has 6 heteroatoms. The molecule has 0 unspecified atom stereocenters. The molecule has 0 radical (unpaired) electrons. The lowest BCUT2D eigenvalue weighted by molar-refractivity contribution is -0.136. The van der Waals surface area contributed by atoms with Gasteiger partial charge in [-0.1, -0.05) is 31.2 Å². The number of amides is 2. The molecule has 2 N–H and O–H groups in total. The SMILES string of the molecule is CCc1ccc(/C=N\NC(=O)C(=O)Nc2ccc(OC)cc2)cc1. The highest BCUT2D eigenvalue weighted by molar-refractivity contribution is 6.39. The van der Waals surface area contributed by atoms with Crippen molar-refractivity contribution in [2.24, 2.45) is 5.10 Å². The molecule has 0 atom stereocenters. The molecule has 0 spiro atoms. The number of carbonyl (C=O) groups is 2. The van der Waals surface area contributed by atoms with Crippen molar-refractivity contribution in [2.75, 3.05) is 12.4 Å². The van der Waals surface area contributed by atoms with E-state index in [-0.39, 0.29) is 0 Å². The summed E-state index contributed by atoms with van der Waals surface area (Å²) in [5.74, 6) is -0.970. The van der Waals surface area contributed by atoms with Crippen LogP contribution in [0.4, 0.5) is 5.69 Å². The molecule has 2 aromatic rings. The minimum absolute atomic E-state index is 0.495. The Morgan fingerprint density at radius 2 is 1.71 bits per heavy atom. The van der Waals surface area contributed by atoms with E-state index in [0.29, 0.717) is 11.4 Å². The first-order chi connectivity index (χ1) is 11.6. The zero-order valence-corrected chi connectivity index (χ0v) is 13.6. The van der Waals surface area contributed by atoms with E-state index in [9.17, 15) is 9.59 Å². The molecular weight excluding hydrogens is 306 g/mol. The molecule has 2 aromatic carbocycles. The number of hydrogen-bond donors (Lipinski definition) is 2. The van der Waals surface area contributed by atoms with Crippen LogP contribution in [0.15, 0.2) is 53.6 Å². The molecule has 0 aliphatic rings. The Kier molecular flexibility index (Phi) is 6.08. The van der Waals surface area contributed by atoms with E-state index in [1.165, 1.54) is 11.8 Å². The fraction of sp³-hybridized carbons (Fsp3) is 0.167. The Bertz CT molecular complexity index is 722. The van der Waals surface area contributed by atoms with Crippen LogP contribution in [0.3, 0.4) is 0 Å². The van der Waals surface area contributed by atoms with Crippen LogP contribution in [0.5, 0.6) is 5.75 Å². The van der Waals surface area contributed by atoms with E-state index in [1.54, 1.807) is 31.4 Å². The fourth-order valence-corrected chi connectivity index (χ4v) is 1.92. The summed E-state index contributed by atoms with van der Waals surface area (Å²) in [5.41, 5.74) is 4.75. The van der Waals surface area contributed by atoms with E-state index >= 15 is 0 Å². The van der Waals surface area contributed by atoms with Crippen molar-refractivity contribution in [3.05, 3.63) is 59.7 Å². The van der Waals surface area contributed by atoms with Crippen molar-refractivity contribution in [2.45, 2.75) is 13.3 Å². The normalized spacial score (nSPS) is 10.4. The van der Waals surface area contributed by atoms with Crippen LogP contribution < -0.4 is 15.5 Å². The molecule has 0 aliphatic carbocycles. The van der Waals surface area contributed by atoms with Gasteiger partial charge in [-0.2, -0.15) is 5.10 Å². The summed E-state index contributed by atoms with van der Waals surface area (Å²) >= 11 is 0. The van der Waals surface area contributed by atoms with E-state index in [1.807, 2.05) is 24.3 Å². The molecule has 0 fully saturated rings. The van der Waals surface area contributed by atoms with Gasteiger partial charge in [-0.15, -0.1) is 0 Å². The summed E-state index contributed by atoms with van der Waals surface area (Å²) in [7, 11) is 1.55. The molecule has 2 rings (SSSR count). The number of carbonyl (C=O) groups excluding carboxylic acids is 2. The molecule has 0 aliphatic heterocycles. The number of rotatable bonds is 5. The van der Waals surface area contributed by atoms with Gasteiger partial charge in [0, 0.05) is 5.69 Å². The Balaban J connectivity index is 1.86. The highest BCUT2D eigenvalue weighted by Crippen LogP contribution is 2.14. The van der Waals surface area contributed by atoms with Gasteiger partial charge in [-0.25, -0.2) is 5.43 Å². The van der Waals surface area contributed by atoms with Crippen molar-refractivity contribution in [1.82, 2.24) is 5.43 Å². The van der Waals surface area contributed by atoms with Crippen LogP contribution in [-0.4, -0.2) is 25.1 Å². The highest BCUT2D eigenvalue weighted by atomic mass is 16.5. The van der Waals surface area contributed by atoms with Crippen molar-refractivity contribution < 1.29 is 14.3 Å². The number of benzene rings is 2. The maximum atomic E-state index is 11.8. The summed E-state index contributed by atoms with van der Waals surface area (Å²) < 4.78 is 5.02. The standard InChI is InChI=1S/C18H19N3O3/c1-3-13-4-6-14(7-5-13)12-19-21-18(23)17(22)20-15-8-10-16(24-2)11-9-15/h4-12H,3H2,1-2H3,(H,20,22)(H,21,23)/b19-12-. The van der Waals surface area contributed by atoms with E-state index in [0.717, 1.165) is 12.0 Å². The second kappa shape index (κ2) is 8.47. The first-order valence-electron chi connectivity index (χ1n) is 7.49. The van der Waals surface area contributed by atoms with Gasteiger partial charge in [-0.3, -0.25) is 9.59 Å². The van der Waals surface area contributed by atoms with Gasteiger partial charge in [0.05, 0.1) is 13.3 Å². The van der Waals surface area contributed by atoms with Gasteiger partial charge < -0.3 is 10.1 Å². The molecule has 2 amide bonds. The third kappa shape index (κ3) is 4.95. The molecular formula is C18H19N3O3. The number of anilines is 1. The van der Waals surface area contributed by atoms with Gasteiger partial charge >= 0.3 is 11.8 Å². The average molecular weight is 325 g/mol. The molecule has 6 nitrogen and oxygen atoms in total. The molecule has 0 aromatic heterocycles. The maximum absolute atomic E-state index is 11.8. The number of aryl methyl sites for hydroxylation is 1. The van der Waals surface area contributed by atoms with Crippen LogP contribution >= 0.6 is 0 Å². The lowest BCUT2D eigenvalue weighted by Gasteiger charge is -2.05. The lowest BCUT2D eigenvalue weighted by atomic mass is 10.1. The number of hydrogen-bond acceptors (Lipinski definition) is 4. The van der Waals surface area contributed by atoms with Crippen LogP contribution in [0.2, 0.25) is 0 Å². The van der Waals surface area contributed by atoms with Crippen molar-refractivity contribution in [3.63, 3.8) is 0 Å². The zero-order valence-electron chi connectivity index (χ0n) is 13.6. The van der Waals surface area contributed by atoms with Gasteiger partial charge in [0.25, 0.3) is 0 Å². The van der Waals surface area contributed by atoms with Crippen molar-refractivity contribution >= 4 is 23.7 Å². The van der Waals surface area contributed by atoms with Gasteiger partial charge in [0.2, 0.25) is 0 Å². The summed E-state index contributed by atoms with van der Waals surface area (Å²) in [6.45, 7) is 2.07. The number of hydrazone groups is 1. The largest absolute Gasteiger partial charge is 0.497 e. The third-order valence-electron chi connectivity index (χ3n) is 3.32. The minimum atomic E-state index is -0.841. The van der Waals surface area contributed by atoms with Crippen LogP contribution in [0.25, 0.3) is 0 Å². The van der Waals surface area contributed by atoms with E-state index in [2.05, 4.69) is 22.8 Å². The Labute approximate surface area is 140 Å². The first kappa shape index (κ1) is 17.2. The summed E-state index contributed by atoms with van der Waals surface area (Å²) in [6, 6.07) is 14.4. The molecule has 0 heterocycles. The predicted octanol–water partition coefficient (Wildman–Crippen LogP) is 2.35. The molecule has 0 saturated heterocycles. The Morgan fingerprint density at radius 1 is 1.04 bits per heavy atom. The topological polar surface area (TPSA) is 79.8 Å². The Morgan fingerprint density at radius 3 is 2.29 bits per heavy atom. The molecule has 124 valence electrons. The molecule has 0 bridgehead atoms. The van der Waals surface area contributed by atoms with Crippen LogP contribution in [-0.2, 0) is 16.0 Å². The second-order valence-electron chi connectivity index (χ2n) is 4.98. The summed E-state index contributed by atoms with van der Waals surface area (Å²) in [5, 5.41) is 6.26. The van der Waals surface area contributed by atoms with Gasteiger partial charge in [0.15, 0.2) is 0 Å². The second-order valence-corrected chi connectivity index (χ2v) is 4.98. The monoisotopic (exact) mass is 325 g/mol. The number of ether oxygens (including phenoxy) is 1. The van der Waals surface area contributed by atoms with E-state index in [4.69, 9.17) is 4.74 Å². The third-order valence-corrected chi connectivity index (χ3v) is 3.32. The summed E-state index contributed by atoms with van der Waals surface area (Å²) in [4.78, 5) is 23.5.